The monoisotopic (exact) mass is 312 g/mol. The minimum absolute atomic E-state index is 0.467. The number of thioether (sulfide) groups is 1. The molecule has 0 N–H and O–H groups in total. The van der Waals surface area contributed by atoms with Crippen molar-refractivity contribution in [1.82, 2.24) is 19.3 Å². The van der Waals surface area contributed by atoms with Gasteiger partial charge in [0.1, 0.15) is 11.3 Å². The number of alkyl halides is 1. The van der Waals surface area contributed by atoms with Gasteiger partial charge in [-0.05, 0) is 32.4 Å². The summed E-state index contributed by atoms with van der Waals surface area (Å²) >= 11 is 8.19. The van der Waals surface area contributed by atoms with Crippen LogP contribution in [0.2, 0.25) is 0 Å². The van der Waals surface area contributed by atoms with E-state index in [9.17, 15) is 0 Å². The second-order valence-corrected chi connectivity index (χ2v) is 7.01. The van der Waals surface area contributed by atoms with Gasteiger partial charge in [-0.15, -0.1) is 11.6 Å². The van der Waals surface area contributed by atoms with Crippen LogP contribution in [0.25, 0.3) is 11.2 Å². The number of imidazole rings is 1. The highest BCUT2D eigenvalue weighted by atomic mass is 35.5. The van der Waals surface area contributed by atoms with E-state index < -0.39 is 0 Å². The molecule has 2 aromatic rings. The largest absolute Gasteiger partial charge is 0.311 e. The first kappa shape index (κ1) is 14.3. The predicted molar refractivity (Wildman–Crippen MR) is 85.6 cm³/mol. The molecule has 0 aliphatic carbocycles. The van der Waals surface area contributed by atoms with Crippen LogP contribution in [0.5, 0.6) is 0 Å². The lowest BCUT2D eigenvalue weighted by molar-refractivity contribution is 0.563. The van der Waals surface area contributed by atoms with Crippen LogP contribution in [-0.2, 0) is 19.0 Å². The molecular formula is C14H21ClN4S. The average molecular weight is 313 g/mol. The van der Waals surface area contributed by atoms with E-state index in [4.69, 9.17) is 16.6 Å². The molecular weight excluding hydrogens is 292 g/mol. The Morgan fingerprint density at radius 1 is 1.40 bits per heavy atom. The van der Waals surface area contributed by atoms with Crippen LogP contribution in [0, 0.1) is 6.92 Å². The van der Waals surface area contributed by atoms with Crippen molar-refractivity contribution in [3.8, 4) is 0 Å². The van der Waals surface area contributed by atoms with Crippen LogP contribution in [0.3, 0.4) is 0 Å². The molecule has 0 spiro atoms. The number of hydrogen-bond acceptors (Lipinski definition) is 3. The molecule has 0 amide bonds. The molecule has 1 atom stereocenters. The van der Waals surface area contributed by atoms with Crippen molar-refractivity contribution >= 4 is 34.5 Å². The second kappa shape index (κ2) is 5.98. The number of hydrogen-bond donors (Lipinski definition) is 0. The molecule has 1 aliphatic heterocycles. The highest BCUT2D eigenvalue weighted by Gasteiger charge is 2.21. The Hall–Kier alpha value is -0.680. The van der Waals surface area contributed by atoms with Gasteiger partial charge in [-0.1, -0.05) is 6.42 Å². The fourth-order valence-corrected chi connectivity index (χ4v) is 4.43. The summed E-state index contributed by atoms with van der Waals surface area (Å²) in [6, 6.07) is 0. The summed E-state index contributed by atoms with van der Waals surface area (Å²) in [5.74, 6) is 2.73. The molecule has 3 rings (SSSR count). The van der Waals surface area contributed by atoms with E-state index >= 15 is 0 Å². The summed E-state index contributed by atoms with van der Waals surface area (Å²) in [6.45, 7) is 6.03. The number of fused-ring (bicyclic) bond motifs is 1. The zero-order valence-electron chi connectivity index (χ0n) is 12.1. The summed E-state index contributed by atoms with van der Waals surface area (Å²) in [7, 11) is 0. The maximum Gasteiger partial charge on any atom is 0.158 e. The van der Waals surface area contributed by atoms with Crippen molar-refractivity contribution in [2.45, 2.75) is 57.3 Å². The molecule has 0 radical (unpaired) electrons. The quantitative estimate of drug-likeness (QED) is 0.809. The molecule has 3 heterocycles. The Morgan fingerprint density at radius 3 is 2.90 bits per heavy atom. The first-order chi connectivity index (χ1) is 9.74. The molecule has 1 aliphatic rings. The maximum atomic E-state index is 6.11. The van der Waals surface area contributed by atoms with Gasteiger partial charge >= 0.3 is 0 Å². The molecule has 110 valence electrons. The van der Waals surface area contributed by atoms with E-state index in [-0.39, 0.29) is 0 Å². The molecule has 4 nitrogen and oxygen atoms in total. The molecule has 1 fully saturated rings. The zero-order valence-corrected chi connectivity index (χ0v) is 13.7. The normalized spacial score (nSPS) is 19.9. The summed E-state index contributed by atoms with van der Waals surface area (Å²) in [4.78, 5) is 4.70. The smallest absolute Gasteiger partial charge is 0.158 e. The maximum absolute atomic E-state index is 6.11. The van der Waals surface area contributed by atoms with E-state index in [0.29, 0.717) is 11.1 Å². The molecule has 6 heteroatoms. The zero-order chi connectivity index (χ0) is 14.1. The van der Waals surface area contributed by atoms with E-state index in [1.165, 1.54) is 25.0 Å². The van der Waals surface area contributed by atoms with Crippen molar-refractivity contribution in [3.63, 3.8) is 0 Å². The van der Waals surface area contributed by atoms with Crippen molar-refractivity contribution in [2.24, 2.45) is 0 Å². The average Bonchev–Trinajstić information content (AvgIpc) is 2.99. The van der Waals surface area contributed by atoms with E-state index in [1.807, 2.05) is 6.92 Å². The van der Waals surface area contributed by atoms with Gasteiger partial charge in [0.05, 0.1) is 11.6 Å². The van der Waals surface area contributed by atoms with Gasteiger partial charge in [-0.25, -0.2) is 9.67 Å². The minimum atomic E-state index is 0.467. The Morgan fingerprint density at radius 2 is 2.25 bits per heavy atom. The predicted octanol–water partition coefficient (Wildman–Crippen LogP) is 3.59. The number of aryl methyl sites for hydroxylation is 2. The van der Waals surface area contributed by atoms with Crippen LogP contribution in [0.4, 0.5) is 0 Å². The molecule has 0 bridgehead atoms. The van der Waals surface area contributed by atoms with Gasteiger partial charge in [0.25, 0.3) is 0 Å². The Bertz CT molecular complexity index is 598. The van der Waals surface area contributed by atoms with Crippen molar-refractivity contribution < 1.29 is 0 Å². The summed E-state index contributed by atoms with van der Waals surface area (Å²) in [5, 5.41) is 5.26. The van der Waals surface area contributed by atoms with Crippen molar-refractivity contribution in [3.05, 3.63) is 11.5 Å². The molecule has 0 saturated carbocycles. The number of rotatable bonds is 4. The topological polar surface area (TPSA) is 35.6 Å². The van der Waals surface area contributed by atoms with Gasteiger partial charge in [-0.3, -0.25) is 0 Å². The Labute approximate surface area is 128 Å². The van der Waals surface area contributed by atoms with Crippen LogP contribution >= 0.6 is 23.4 Å². The number of halogens is 1. The summed E-state index contributed by atoms with van der Waals surface area (Å²) in [5.41, 5.74) is 3.17. The molecule has 1 unspecified atom stereocenters. The van der Waals surface area contributed by atoms with Gasteiger partial charge in [0.2, 0.25) is 0 Å². The highest BCUT2D eigenvalue weighted by molar-refractivity contribution is 7.99. The molecule has 2 aromatic heterocycles. The molecule has 1 saturated heterocycles. The van der Waals surface area contributed by atoms with Gasteiger partial charge in [0.15, 0.2) is 5.65 Å². The van der Waals surface area contributed by atoms with Gasteiger partial charge in [0, 0.05) is 18.3 Å². The fraction of sp³-hybridized carbons (Fsp3) is 0.714. The third-order valence-corrected chi connectivity index (χ3v) is 5.58. The Kier molecular flexibility index (Phi) is 4.26. The van der Waals surface area contributed by atoms with Crippen LogP contribution in [-0.4, -0.2) is 30.3 Å². The van der Waals surface area contributed by atoms with Crippen LogP contribution < -0.4 is 0 Å². The first-order valence-electron chi connectivity index (χ1n) is 7.34. The summed E-state index contributed by atoms with van der Waals surface area (Å²) < 4.78 is 4.36. The van der Waals surface area contributed by atoms with Gasteiger partial charge in [-0.2, -0.15) is 16.9 Å². The lowest BCUT2D eigenvalue weighted by Gasteiger charge is -2.22. The standard InChI is InChI=1S/C14H21ClN4S/c1-3-19-14-13(10(2)17-19)16-12(8-15)18(14)9-11-6-4-5-7-20-11/h11H,3-9H2,1-2H3. The molecule has 20 heavy (non-hydrogen) atoms. The lowest BCUT2D eigenvalue weighted by atomic mass is 10.2. The van der Waals surface area contributed by atoms with E-state index in [1.54, 1.807) is 0 Å². The van der Waals surface area contributed by atoms with Crippen molar-refractivity contribution in [2.75, 3.05) is 5.75 Å². The van der Waals surface area contributed by atoms with Crippen molar-refractivity contribution in [1.29, 1.82) is 0 Å². The minimum Gasteiger partial charge on any atom is -0.311 e. The summed E-state index contributed by atoms with van der Waals surface area (Å²) in [6.07, 6.45) is 4.00. The van der Waals surface area contributed by atoms with Gasteiger partial charge < -0.3 is 4.57 Å². The third kappa shape index (κ3) is 2.46. The second-order valence-electron chi connectivity index (χ2n) is 5.33. The molecule has 0 aromatic carbocycles. The Balaban J connectivity index is 2.02. The van der Waals surface area contributed by atoms with E-state index in [0.717, 1.165) is 35.8 Å². The lowest BCUT2D eigenvalue weighted by Crippen LogP contribution is -2.19. The number of nitrogens with zero attached hydrogens (tertiary/aromatic N) is 4. The van der Waals surface area contributed by atoms with Crippen LogP contribution in [0.15, 0.2) is 0 Å². The SMILES string of the molecule is CCn1nc(C)c2nc(CCl)n(CC3CCCCS3)c21. The first-order valence-corrected chi connectivity index (χ1v) is 8.93. The van der Waals surface area contributed by atoms with Crippen LogP contribution in [0.1, 0.15) is 37.7 Å². The fourth-order valence-electron chi connectivity index (χ4n) is 2.94. The highest BCUT2D eigenvalue weighted by Crippen LogP contribution is 2.29. The third-order valence-electron chi connectivity index (χ3n) is 3.96. The number of aromatic nitrogens is 4. The van der Waals surface area contributed by atoms with E-state index in [2.05, 4.69) is 33.0 Å².